The number of hydrogen-bond donors (Lipinski definition) is 4. The zero-order valence-electron chi connectivity index (χ0n) is 20.1. The zero-order chi connectivity index (χ0) is 24.2. The SMILES string of the molecule is CC(C)c1cnn2c(NCc3ccc(-c4ncccn4)cc3)cc(NC[C@H]3CCNC[C@@H]3O)nc12. The lowest BCUT2D eigenvalue weighted by Crippen LogP contribution is -2.43. The second kappa shape index (κ2) is 10.4. The van der Waals surface area contributed by atoms with E-state index in [4.69, 9.17) is 4.98 Å². The Bertz CT molecular complexity index is 1260. The van der Waals surface area contributed by atoms with E-state index in [0.717, 1.165) is 52.8 Å². The molecule has 0 saturated carbocycles. The van der Waals surface area contributed by atoms with Crippen molar-refractivity contribution in [2.45, 2.75) is 38.8 Å². The fraction of sp³-hybridized carbons (Fsp3) is 0.385. The van der Waals surface area contributed by atoms with E-state index >= 15 is 0 Å². The Balaban J connectivity index is 1.35. The molecule has 2 atom stereocenters. The fourth-order valence-corrected chi connectivity index (χ4v) is 4.39. The molecule has 182 valence electrons. The lowest BCUT2D eigenvalue weighted by atomic mass is 9.95. The number of benzene rings is 1. The number of nitrogens with zero attached hydrogens (tertiary/aromatic N) is 5. The minimum Gasteiger partial charge on any atom is -0.391 e. The quantitative estimate of drug-likeness (QED) is 0.309. The van der Waals surface area contributed by atoms with Gasteiger partial charge >= 0.3 is 0 Å². The Labute approximate surface area is 205 Å². The summed E-state index contributed by atoms with van der Waals surface area (Å²) in [6.07, 6.45) is 5.99. The number of anilines is 2. The van der Waals surface area contributed by atoms with Gasteiger partial charge in [0.2, 0.25) is 0 Å². The predicted octanol–water partition coefficient (Wildman–Crippen LogP) is 3.30. The maximum Gasteiger partial charge on any atom is 0.163 e. The molecule has 0 bridgehead atoms. The lowest BCUT2D eigenvalue weighted by Gasteiger charge is -2.28. The van der Waals surface area contributed by atoms with Gasteiger partial charge in [-0.3, -0.25) is 0 Å². The number of aliphatic hydroxyl groups excluding tert-OH is 1. The molecule has 4 heterocycles. The highest BCUT2D eigenvalue weighted by molar-refractivity contribution is 5.61. The van der Waals surface area contributed by atoms with E-state index in [9.17, 15) is 5.11 Å². The second-order valence-corrected chi connectivity index (χ2v) is 9.34. The first-order valence-corrected chi connectivity index (χ1v) is 12.2. The van der Waals surface area contributed by atoms with Crippen molar-refractivity contribution in [2.75, 3.05) is 30.3 Å². The fourth-order valence-electron chi connectivity index (χ4n) is 4.39. The van der Waals surface area contributed by atoms with E-state index in [-0.39, 0.29) is 12.0 Å². The third-order valence-corrected chi connectivity index (χ3v) is 6.51. The molecule has 1 aliphatic rings. The first-order chi connectivity index (χ1) is 17.1. The monoisotopic (exact) mass is 472 g/mol. The van der Waals surface area contributed by atoms with Crippen LogP contribution in [0.5, 0.6) is 0 Å². The predicted molar refractivity (Wildman–Crippen MR) is 137 cm³/mol. The summed E-state index contributed by atoms with van der Waals surface area (Å²) in [7, 11) is 0. The number of aliphatic hydroxyl groups is 1. The van der Waals surface area contributed by atoms with Crippen LogP contribution in [-0.4, -0.2) is 55.4 Å². The Morgan fingerprint density at radius 3 is 2.69 bits per heavy atom. The van der Waals surface area contributed by atoms with Gasteiger partial charge in [0.05, 0.1) is 12.3 Å². The molecule has 0 spiro atoms. The molecule has 9 heteroatoms. The van der Waals surface area contributed by atoms with E-state index in [0.29, 0.717) is 25.6 Å². The maximum atomic E-state index is 10.3. The summed E-state index contributed by atoms with van der Waals surface area (Å²) in [5, 5.41) is 25.1. The minimum absolute atomic E-state index is 0.201. The number of rotatable bonds is 8. The molecule has 0 radical (unpaired) electrons. The number of β-amino-alcohol motifs (C(OH)–C–C–N with tert-alkyl or cyclic N) is 1. The van der Waals surface area contributed by atoms with Gasteiger partial charge in [-0.15, -0.1) is 0 Å². The Morgan fingerprint density at radius 2 is 1.94 bits per heavy atom. The van der Waals surface area contributed by atoms with Gasteiger partial charge in [0.15, 0.2) is 11.5 Å². The van der Waals surface area contributed by atoms with Crippen LogP contribution < -0.4 is 16.0 Å². The first kappa shape index (κ1) is 23.2. The highest BCUT2D eigenvalue weighted by atomic mass is 16.3. The molecule has 1 saturated heterocycles. The smallest absolute Gasteiger partial charge is 0.163 e. The molecule has 4 N–H and O–H groups in total. The van der Waals surface area contributed by atoms with Gasteiger partial charge in [-0.05, 0) is 30.5 Å². The van der Waals surface area contributed by atoms with Crippen LogP contribution >= 0.6 is 0 Å². The molecular weight excluding hydrogens is 440 g/mol. The van der Waals surface area contributed by atoms with Gasteiger partial charge in [0.25, 0.3) is 0 Å². The largest absolute Gasteiger partial charge is 0.391 e. The van der Waals surface area contributed by atoms with Crippen molar-refractivity contribution < 1.29 is 5.11 Å². The molecule has 4 aromatic rings. The molecule has 1 aliphatic heterocycles. The summed E-state index contributed by atoms with van der Waals surface area (Å²) < 4.78 is 1.87. The molecule has 1 aromatic carbocycles. The molecule has 0 unspecified atom stereocenters. The van der Waals surface area contributed by atoms with Crippen LogP contribution in [-0.2, 0) is 6.54 Å². The van der Waals surface area contributed by atoms with E-state index in [2.05, 4.69) is 57.0 Å². The highest BCUT2D eigenvalue weighted by Crippen LogP contribution is 2.25. The Kier molecular flexibility index (Phi) is 6.87. The molecule has 5 rings (SSSR count). The Morgan fingerprint density at radius 1 is 1.14 bits per heavy atom. The number of fused-ring (bicyclic) bond motifs is 1. The van der Waals surface area contributed by atoms with Crippen molar-refractivity contribution in [3.05, 3.63) is 66.1 Å². The third kappa shape index (κ3) is 5.26. The number of piperidine rings is 1. The van der Waals surface area contributed by atoms with Crippen LogP contribution in [0.3, 0.4) is 0 Å². The molecule has 9 nitrogen and oxygen atoms in total. The van der Waals surface area contributed by atoms with Gasteiger partial charge in [-0.1, -0.05) is 38.1 Å². The normalized spacial score (nSPS) is 18.2. The van der Waals surface area contributed by atoms with E-state index < -0.39 is 0 Å². The van der Waals surface area contributed by atoms with Crippen LogP contribution in [0.25, 0.3) is 17.0 Å². The van der Waals surface area contributed by atoms with Crippen molar-refractivity contribution in [1.29, 1.82) is 0 Å². The van der Waals surface area contributed by atoms with Crippen molar-refractivity contribution in [1.82, 2.24) is 29.9 Å². The third-order valence-electron chi connectivity index (χ3n) is 6.51. The average molecular weight is 473 g/mol. The van der Waals surface area contributed by atoms with Crippen LogP contribution in [0.4, 0.5) is 11.6 Å². The average Bonchev–Trinajstić information content (AvgIpc) is 3.32. The first-order valence-electron chi connectivity index (χ1n) is 12.2. The summed E-state index contributed by atoms with van der Waals surface area (Å²) in [6, 6.07) is 12.0. The molecule has 1 fully saturated rings. The van der Waals surface area contributed by atoms with Crippen molar-refractivity contribution in [3.8, 4) is 11.4 Å². The van der Waals surface area contributed by atoms with E-state index in [1.807, 2.05) is 35.0 Å². The summed E-state index contributed by atoms with van der Waals surface area (Å²) in [6.45, 7) is 7.18. The zero-order valence-corrected chi connectivity index (χ0v) is 20.1. The summed E-state index contributed by atoms with van der Waals surface area (Å²) in [5.41, 5.74) is 4.07. The highest BCUT2D eigenvalue weighted by Gasteiger charge is 2.23. The number of hydrogen-bond acceptors (Lipinski definition) is 8. The van der Waals surface area contributed by atoms with Gasteiger partial charge in [0.1, 0.15) is 11.6 Å². The maximum absolute atomic E-state index is 10.3. The van der Waals surface area contributed by atoms with Gasteiger partial charge in [-0.2, -0.15) is 9.61 Å². The summed E-state index contributed by atoms with van der Waals surface area (Å²) >= 11 is 0. The van der Waals surface area contributed by atoms with Crippen molar-refractivity contribution in [2.24, 2.45) is 5.92 Å². The van der Waals surface area contributed by atoms with Gasteiger partial charge < -0.3 is 21.1 Å². The molecule has 35 heavy (non-hydrogen) atoms. The van der Waals surface area contributed by atoms with E-state index in [1.165, 1.54) is 0 Å². The molecule has 3 aromatic heterocycles. The standard InChI is InChI=1S/C26H32N8O/c1-17(2)21-15-32-34-24(12-23(33-26(21)34)30-14-20-8-11-27-16-22(20)35)31-13-18-4-6-19(7-5-18)25-28-9-3-10-29-25/h3-7,9-10,12,15,17,20,22,27,31,35H,8,11,13-14,16H2,1-2H3,(H,30,33)/t20-,22+/m1/s1. The molecular formula is C26H32N8O. The van der Waals surface area contributed by atoms with Crippen molar-refractivity contribution in [3.63, 3.8) is 0 Å². The van der Waals surface area contributed by atoms with Gasteiger partial charge in [-0.25, -0.2) is 15.0 Å². The lowest BCUT2D eigenvalue weighted by molar-refractivity contribution is 0.0883. The van der Waals surface area contributed by atoms with E-state index in [1.54, 1.807) is 12.4 Å². The Hall–Kier alpha value is -3.56. The minimum atomic E-state index is -0.344. The van der Waals surface area contributed by atoms with Crippen LogP contribution in [0.1, 0.15) is 37.3 Å². The summed E-state index contributed by atoms with van der Waals surface area (Å²) in [5.74, 6) is 2.87. The topological polar surface area (TPSA) is 112 Å². The second-order valence-electron chi connectivity index (χ2n) is 9.34. The van der Waals surface area contributed by atoms with Crippen molar-refractivity contribution >= 4 is 17.3 Å². The number of nitrogens with one attached hydrogen (secondary N) is 3. The van der Waals surface area contributed by atoms with Crippen LogP contribution in [0, 0.1) is 5.92 Å². The molecule has 0 aliphatic carbocycles. The van der Waals surface area contributed by atoms with Gasteiger partial charge in [0, 0.05) is 55.1 Å². The number of aromatic nitrogens is 5. The summed E-state index contributed by atoms with van der Waals surface area (Å²) in [4.78, 5) is 13.5. The van der Waals surface area contributed by atoms with Crippen LogP contribution in [0.15, 0.2) is 55.0 Å². The van der Waals surface area contributed by atoms with Crippen LogP contribution in [0.2, 0.25) is 0 Å². The molecule has 0 amide bonds.